The largest absolute Gasteiger partial charge is 0.363 e. The number of aryl methyl sites for hydroxylation is 2. The molecule has 10 heteroatoms. The summed E-state index contributed by atoms with van der Waals surface area (Å²) in [6.45, 7) is 4.29. The van der Waals surface area contributed by atoms with Crippen molar-refractivity contribution in [3.05, 3.63) is 29.0 Å². The summed E-state index contributed by atoms with van der Waals surface area (Å²) in [6.07, 6.45) is 2.05. The maximum Gasteiger partial charge on any atom is 0.248 e. The van der Waals surface area contributed by atoms with Crippen LogP contribution >= 0.6 is 0 Å². The minimum atomic E-state index is -3.73. The van der Waals surface area contributed by atoms with Gasteiger partial charge in [-0.2, -0.15) is 4.31 Å². The molecule has 0 saturated carbocycles. The molecular formula is C17H26N6O3S. The van der Waals surface area contributed by atoms with Crippen molar-refractivity contribution in [3.8, 4) is 0 Å². The van der Waals surface area contributed by atoms with Gasteiger partial charge in [-0.15, -0.1) is 0 Å². The smallest absolute Gasteiger partial charge is 0.248 e. The second-order valence-corrected chi connectivity index (χ2v) is 9.02. The summed E-state index contributed by atoms with van der Waals surface area (Å²) in [6, 6.07) is 1.92. The maximum atomic E-state index is 13.0. The van der Waals surface area contributed by atoms with Crippen LogP contribution in [0, 0.1) is 13.8 Å². The SMILES string of the molecule is Cc1noc(C)c1S(=O)(=O)N(C)Cc1cc(N(C)C)nc(C2CCCN2)n1. The highest BCUT2D eigenvalue weighted by Gasteiger charge is 2.29. The van der Waals surface area contributed by atoms with Gasteiger partial charge in [-0.25, -0.2) is 18.4 Å². The third-order valence-electron chi connectivity index (χ3n) is 4.63. The van der Waals surface area contributed by atoms with Crippen molar-refractivity contribution in [2.75, 3.05) is 32.6 Å². The van der Waals surface area contributed by atoms with E-state index >= 15 is 0 Å². The average Bonchev–Trinajstić information content (AvgIpc) is 3.24. The van der Waals surface area contributed by atoms with Gasteiger partial charge in [0.1, 0.15) is 22.2 Å². The topological polar surface area (TPSA) is 104 Å². The number of anilines is 1. The molecule has 1 fully saturated rings. The zero-order valence-electron chi connectivity index (χ0n) is 16.4. The van der Waals surface area contributed by atoms with Crippen molar-refractivity contribution >= 4 is 15.8 Å². The summed E-state index contributed by atoms with van der Waals surface area (Å²) in [5.74, 6) is 1.75. The summed E-state index contributed by atoms with van der Waals surface area (Å²) < 4.78 is 32.2. The van der Waals surface area contributed by atoms with E-state index in [1.54, 1.807) is 13.8 Å². The van der Waals surface area contributed by atoms with E-state index in [0.29, 0.717) is 17.2 Å². The summed E-state index contributed by atoms with van der Waals surface area (Å²) in [4.78, 5) is 11.3. The molecule has 1 N–H and O–H groups in total. The third-order valence-corrected chi connectivity index (χ3v) is 6.68. The van der Waals surface area contributed by atoms with Crippen LogP contribution in [0.25, 0.3) is 0 Å². The molecule has 0 amide bonds. The Bertz CT molecular complexity index is 899. The Morgan fingerprint density at radius 2 is 2.00 bits per heavy atom. The van der Waals surface area contributed by atoms with Crippen molar-refractivity contribution < 1.29 is 12.9 Å². The van der Waals surface area contributed by atoms with Gasteiger partial charge in [-0.05, 0) is 33.2 Å². The molecule has 0 aromatic carbocycles. The quantitative estimate of drug-likeness (QED) is 0.784. The van der Waals surface area contributed by atoms with E-state index in [4.69, 9.17) is 4.52 Å². The summed E-state index contributed by atoms with van der Waals surface area (Å²) in [7, 11) is 1.61. The van der Waals surface area contributed by atoms with Crippen LogP contribution in [0.5, 0.6) is 0 Å². The Labute approximate surface area is 159 Å². The fourth-order valence-corrected chi connectivity index (χ4v) is 4.61. The molecule has 3 heterocycles. The van der Waals surface area contributed by atoms with E-state index < -0.39 is 10.0 Å². The summed E-state index contributed by atoms with van der Waals surface area (Å²) in [5.41, 5.74) is 1.00. The number of nitrogens with one attached hydrogen (secondary N) is 1. The minimum absolute atomic E-state index is 0.105. The lowest BCUT2D eigenvalue weighted by Gasteiger charge is -2.20. The molecule has 1 aliphatic rings. The highest BCUT2D eigenvalue weighted by atomic mass is 32.2. The van der Waals surface area contributed by atoms with E-state index in [-0.39, 0.29) is 23.2 Å². The molecule has 0 radical (unpaired) electrons. The first kappa shape index (κ1) is 19.7. The monoisotopic (exact) mass is 394 g/mol. The van der Waals surface area contributed by atoms with Gasteiger partial charge >= 0.3 is 0 Å². The molecule has 0 aliphatic carbocycles. The van der Waals surface area contributed by atoms with Gasteiger partial charge in [0.25, 0.3) is 0 Å². The highest BCUT2D eigenvalue weighted by molar-refractivity contribution is 7.89. The Hall–Kier alpha value is -2.04. The van der Waals surface area contributed by atoms with Crippen LogP contribution in [0.1, 0.15) is 41.9 Å². The fourth-order valence-electron chi connectivity index (χ4n) is 3.19. The van der Waals surface area contributed by atoms with Gasteiger partial charge in [0.05, 0.1) is 18.3 Å². The number of rotatable bonds is 6. The van der Waals surface area contributed by atoms with Crippen LogP contribution in [0.3, 0.4) is 0 Å². The molecule has 27 heavy (non-hydrogen) atoms. The lowest BCUT2D eigenvalue weighted by molar-refractivity contribution is 0.389. The first-order chi connectivity index (χ1) is 12.7. The number of sulfonamides is 1. The standard InChI is InChI=1S/C17H26N6O3S/c1-11-16(12(2)26-21-11)27(24,25)23(5)10-13-9-15(22(3)4)20-17(19-13)14-7-6-8-18-14/h9,14,18H,6-8,10H2,1-5H3. The first-order valence-electron chi connectivity index (χ1n) is 8.88. The molecule has 0 spiro atoms. The minimum Gasteiger partial charge on any atom is -0.363 e. The van der Waals surface area contributed by atoms with Gasteiger partial charge in [0.15, 0.2) is 5.76 Å². The number of hydrogen-bond acceptors (Lipinski definition) is 8. The molecule has 9 nitrogen and oxygen atoms in total. The number of nitrogens with zero attached hydrogens (tertiary/aromatic N) is 5. The number of aromatic nitrogens is 3. The molecule has 2 aromatic rings. The zero-order chi connectivity index (χ0) is 19.8. The molecule has 3 rings (SSSR count). The van der Waals surface area contributed by atoms with Crippen molar-refractivity contribution in [2.45, 2.75) is 44.2 Å². The molecular weight excluding hydrogens is 368 g/mol. The van der Waals surface area contributed by atoms with E-state index in [0.717, 1.165) is 25.2 Å². The van der Waals surface area contributed by atoms with Gasteiger partial charge in [-0.3, -0.25) is 0 Å². The first-order valence-corrected chi connectivity index (χ1v) is 10.3. The van der Waals surface area contributed by atoms with Crippen LogP contribution in [0.15, 0.2) is 15.5 Å². The lowest BCUT2D eigenvalue weighted by atomic mass is 10.2. The lowest BCUT2D eigenvalue weighted by Crippen LogP contribution is -2.28. The van der Waals surface area contributed by atoms with Crippen LogP contribution in [0.2, 0.25) is 0 Å². The van der Waals surface area contributed by atoms with Crippen LogP contribution < -0.4 is 10.2 Å². The zero-order valence-corrected chi connectivity index (χ0v) is 17.2. The molecule has 1 saturated heterocycles. The molecule has 148 valence electrons. The molecule has 1 atom stereocenters. The van der Waals surface area contributed by atoms with Crippen molar-refractivity contribution in [3.63, 3.8) is 0 Å². The van der Waals surface area contributed by atoms with Crippen molar-refractivity contribution in [1.82, 2.24) is 24.7 Å². The molecule has 0 bridgehead atoms. The average molecular weight is 395 g/mol. The second kappa shape index (κ2) is 7.53. The molecule has 2 aromatic heterocycles. The third kappa shape index (κ3) is 3.97. The van der Waals surface area contributed by atoms with E-state index in [2.05, 4.69) is 20.4 Å². The van der Waals surface area contributed by atoms with Crippen molar-refractivity contribution in [2.24, 2.45) is 0 Å². The Morgan fingerprint density at radius 1 is 1.26 bits per heavy atom. The van der Waals surface area contributed by atoms with Gasteiger partial charge in [0, 0.05) is 27.2 Å². The van der Waals surface area contributed by atoms with Crippen LogP contribution in [-0.4, -0.2) is 55.5 Å². The molecule has 1 aliphatic heterocycles. The molecule has 1 unspecified atom stereocenters. The van der Waals surface area contributed by atoms with E-state index in [1.807, 2.05) is 25.1 Å². The maximum absolute atomic E-state index is 13.0. The van der Waals surface area contributed by atoms with Gasteiger partial charge in [0.2, 0.25) is 10.0 Å². The van der Waals surface area contributed by atoms with Crippen molar-refractivity contribution in [1.29, 1.82) is 0 Å². The Morgan fingerprint density at radius 3 is 2.56 bits per heavy atom. The highest BCUT2D eigenvalue weighted by Crippen LogP contribution is 2.25. The van der Waals surface area contributed by atoms with Gasteiger partial charge < -0.3 is 14.7 Å². The van der Waals surface area contributed by atoms with E-state index in [9.17, 15) is 8.42 Å². The summed E-state index contributed by atoms with van der Waals surface area (Å²) >= 11 is 0. The Balaban J connectivity index is 1.92. The fraction of sp³-hybridized carbons (Fsp3) is 0.588. The normalized spacial score (nSPS) is 17.6. The predicted octanol–water partition coefficient (Wildman–Crippen LogP) is 1.39. The van der Waals surface area contributed by atoms with Crippen LogP contribution in [-0.2, 0) is 16.6 Å². The predicted molar refractivity (Wildman–Crippen MR) is 101 cm³/mol. The second-order valence-electron chi connectivity index (χ2n) is 7.03. The Kier molecular flexibility index (Phi) is 5.50. The van der Waals surface area contributed by atoms with Gasteiger partial charge in [-0.1, -0.05) is 5.16 Å². The van der Waals surface area contributed by atoms with Crippen LogP contribution in [0.4, 0.5) is 5.82 Å². The number of hydrogen-bond donors (Lipinski definition) is 1. The summed E-state index contributed by atoms with van der Waals surface area (Å²) in [5, 5.41) is 7.15. The van der Waals surface area contributed by atoms with E-state index in [1.165, 1.54) is 11.4 Å².